The minimum atomic E-state index is -0.956. The maximum atomic E-state index is 15.3. The molecule has 1 aliphatic heterocycles. The summed E-state index contributed by atoms with van der Waals surface area (Å²) < 4.78 is 71.5. The minimum absolute atomic E-state index is 0.00841. The van der Waals surface area contributed by atoms with Crippen LogP contribution < -0.4 is 0 Å². The predicted octanol–water partition coefficient (Wildman–Crippen LogP) is 11.1. The molecule has 6 heteroatoms. The Bertz CT molecular complexity index is 1270. The minimum Gasteiger partial charge on any atom is -0.377 e. The molecule has 0 spiro atoms. The number of hydrogen-bond donors (Lipinski definition) is 0. The van der Waals surface area contributed by atoms with Crippen molar-refractivity contribution in [2.24, 2.45) is 5.92 Å². The fourth-order valence-corrected chi connectivity index (χ4v) is 5.71. The second-order valence-corrected chi connectivity index (χ2v) is 11.5. The summed E-state index contributed by atoms with van der Waals surface area (Å²) in [6, 6.07) is 12.6. The molecule has 2 nitrogen and oxygen atoms in total. The van der Waals surface area contributed by atoms with Gasteiger partial charge in [0, 0.05) is 28.9 Å². The van der Waals surface area contributed by atoms with Gasteiger partial charge in [0.2, 0.25) is 0 Å². The average molecular weight is 585 g/mol. The molecule has 2 atom stereocenters. The zero-order chi connectivity index (χ0) is 29.9. The van der Waals surface area contributed by atoms with Gasteiger partial charge >= 0.3 is 0 Å². The lowest BCUT2D eigenvalue weighted by molar-refractivity contribution is -0.0218. The second kappa shape index (κ2) is 16.2. The van der Waals surface area contributed by atoms with E-state index in [1.165, 1.54) is 50.7 Å². The Morgan fingerprint density at radius 3 is 1.93 bits per heavy atom. The van der Waals surface area contributed by atoms with E-state index in [0.29, 0.717) is 36.7 Å². The van der Waals surface area contributed by atoms with E-state index in [0.717, 1.165) is 25.7 Å². The molecule has 1 fully saturated rings. The van der Waals surface area contributed by atoms with Crippen molar-refractivity contribution in [3.8, 4) is 22.3 Å². The zero-order valence-corrected chi connectivity index (χ0v) is 25.0. The summed E-state index contributed by atoms with van der Waals surface area (Å²) in [5.74, 6) is -3.23. The molecule has 228 valence electrons. The first kappa shape index (κ1) is 32.2. The van der Waals surface area contributed by atoms with Crippen LogP contribution in [0.1, 0.15) is 102 Å². The number of halogens is 4. The third-order valence-electron chi connectivity index (χ3n) is 8.36. The van der Waals surface area contributed by atoms with Crippen LogP contribution in [0.15, 0.2) is 48.5 Å². The molecule has 0 saturated carbocycles. The van der Waals surface area contributed by atoms with E-state index >= 15 is 8.78 Å². The monoisotopic (exact) mass is 584 g/mol. The van der Waals surface area contributed by atoms with Crippen molar-refractivity contribution in [3.05, 3.63) is 82.9 Å². The Morgan fingerprint density at radius 2 is 1.29 bits per heavy atom. The van der Waals surface area contributed by atoms with Gasteiger partial charge < -0.3 is 9.47 Å². The van der Waals surface area contributed by atoms with Gasteiger partial charge in [-0.1, -0.05) is 107 Å². The van der Waals surface area contributed by atoms with Gasteiger partial charge in [-0.25, -0.2) is 17.6 Å². The molecule has 1 aliphatic rings. The van der Waals surface area contributed by atoms with E-state index in [9.17, 15) is 8.78 Å². The van der Waals surface area contributed by atoms with E-state index in [2.05, 4.69) is 6.92 Å². The first-order chi connectivity index (χ1) is 20.4. The molecule has 42 heavy (non-hydrogen) atoms. The number of benzene rings is 3. The second-order valence-electron chi connectivity index (χ2n) is 11.5. The van der Waals surface area contributed by atoms with E-state index in [-0.39, 0.29) is 28.9 Å². The van der Waals surface area contributed by atoms with Gasteiger partial charge in [0.25, 0.3) is 0 Å². The molecule has 0 N–H and O–H groups in total. The van der Waals surface area contributed by atoms with Gasteiger partial charge in [-0.05, 0) is 42.7 Å². The molecular weight excluding hydrogens is 540 g/mol. The highest BCUT2D eigenvalue weighted by Crippen LogP contribution is 2.37. The molecule has 0 aliphatic carbocycles. The van der Waals surface area contributed by atoms with E-state index in [4.69, 9.17) is 9.47 Å². The quantitative estimate of drug-likeness (QED) is 0.131. The van der Waals surface area contributed by atoms with Crippen LogP contribution in [0.2, 0.25) is 0 Å². The molecular formula is C36H44F4O2. The van der Waals surface area contributed by atoms with E-state index in [1.807, 2.05) is 6.92 Å². The van der Waals surface area contributed by atoms with Crippen LogP contribution in [0, 0.1) is 29.2 Å². The fourth-order valence-electron chi connectivity index (χ4n) is 5.71. The molecule has 0 radical (unpaired) electrons. The summed E-state index contributed by atoms with van der Waals surface area (Å²) in [6.07, 6.45) is 11.7. The maximum absolute atomic E-state index is 15.3. The SMILES string of the molecule is CCCCCCCCC1CCC(c2ccc(-c3ccc(-c4ccc(COCCCC)c(F)c4F)cc3)c(F)c2F)OC1. The molecule has 3 aromatic carbocycles. The first-order valence-corrected chi connectivity index (χ1v) is 15.7. The van der Waals surface area contributed by atoms with Crippen LogP contribution in [0.25, 0.3) is 22.3 Å². The molecule has 0 bridgehead atoms. The number of hydrogen-bond acceptors (Lipinski definition) is 2. The zero-order valence-electron chi connectivity index (χ0n) is 25.0. The number of rotatable bonds is 15. The Hall–Kier alpha value is -2.70. The van der Waals surface area contributed by atoms with E-state index in [1.54, 1.807) is 36.4 Å². The number of ether oxygens (including phenoxy) is 2. The summed E-state index contributed by atoms with van der Waals surface area (Å²) in [4.78, 5) is 0. The lowest BCUT2D eigenvalue weighted by atomic mass is 9.90. The molecule has 2 unspecified atom stereocenters. The van der Waals surface area contributed by atoms with Gasteiger partial charge in [-0.15, -0.1) is 0 Å². The van der Waals surface area contributed by atoms with Gasteiger partial charge in [0.15, 0.2) is 23.3 Å². The van der Waals surface area contributed by atoms with Crippen molar-refractivity contribution in [1.29, 1.82) is 0 Å². The standard InChI is InChI=1S/C36H44F4O2/c1-3-5-7-8-9-10-11-25-12-21-32(42-23-25)31-20-19-30(35(39)36(31)40)27-15-13-26(14-16-27)29-18-17-28(33(37)34(29)38)24-41-22-6-4-2/h13-20,25,32H,3-12,21-24H2,1-2H3. The molecule has 1 heterocycles. The number of unbranched alkanes of at least 4 members (excludes halogenated alkanes) is 6. The van der Waals surface area contributed by atoms with Gasteiger partial charge in [-0.2, -0.15) is 0 Å². The van der Waals surface area contributed by atoms with Gasteiger partial charge in [-0.3, -0.25) is 0 Å². The highest BCUT2D eigenvalue weighted by molar-refractivity contribution is 5.71. The van der Waals surface area contributed by atoms with Crippen molar-refractivity contribution in [1.82, 2.24) is 0 Å². The van der Waals surface area contributed by atoms with Crippen molar-refractivity contribution >= 4 is 0 Å². The molecule has 0 amide bonds. The highest BCUT2D eigenvalue weighted by atomic mass is 19.2. The van der Waals surface area contributed by atoms with Crippen LogP contribution in [-0.4, -0.2) is 13.2 Å². The van der Waals surface area contributed by atoms with Crippen LogP contribution in [0.4, 0.5) is 17.6 Å². The molecule has 4 rings (SSSR count). The maximum Gasteiger partial charge on any atom is 0.167 e. The summed E-state index contributed by atoms with van der Waals surface area (Å²) in [5.41, 5.74) is 1.52. The van der Waals surface area contributed by atoms with Crippen molar-refractivity contribution < 1.29 is 27.0 Å². The Balaban J connectivity index is 1.37. The third kappa shape index (κ3) is 8.23. The summed E-state index contributed by atoms with van der Waals surface area (Å²) in [5, 5.41) is 0. The smallest absolute Gasteiger partial charge is 0.167 e. The molecule has 0 aromatic heterocycles. The molecule has 3 aromatic rings. The fraction of sp³-hybridized carbons (Fsp3) is 0.500. The Kier molecular flexibility index (Phi) is 12.4. The van der Waals surface area contributed by atoms with Gasteiger partial charge in [0.1, 0.15) is 0 Å². The van der Waals surface area contributed by atoms with E-state index < -0.39 is 29.4 Å². The van der Waals surface area contributed by atoms with Crippen LogP contribution in [-0.2, 0) is 16.1 Å². The molecule has 1 saturated heterocycles. The Labute approximate surface area is 248 Å². The third-order valence-corrected chi connectivity index (χ3v) is 8.36. The van der Waals surface area contributed by atoms with Crippen molar-refractivity contribution in [2.45, 2.75) is 97.2 Å². The van der Waals surface area contributed by atoms with Crippen molar-refractivity contribution in [3.63, 3.8) is 0 Å². The normalized spacial score (nSPS) is 17.1. The summed E-state index contributed by atoms with van der Waals surface area (Å²) in [6.45, 7) is 5.33. The average Bonchev–Trinajstić information content (AvgIpc) is 3.01. The topological polar surface area (TPSA) is 18.5 Å². The lowest BCUT2D eigenvalue weighted by Crippen LogP contribution is -2.21. The van der Waals surface area contributed by atoms with Crippen LogP contribution in [0.3, 0.4) is 0 Å². The first-order valence-electron chi connectivity index (χ1n) is 15.7. The van der Waals surface area contributed by atoms with Crippen LogP contribution in [0.5, 0.6) is 0 Å². The van der Waals surface area contributed by atoms with Crippen molar-refractivity contribution in [2.75, 3.05) is 13.2 Å². The van der Waals surface area contributed by atoms with Crippen LogP contribution >= 0.6 is 0 Å². The predicted molar refractivity (Wildman–Crippen MR) is 161 cm³/mol. The summed E-state index contributed by atoms with van der Waals surface area (Å²) in [7, 11) is 0. The lowest BCUT2D eigenvalue weighted by Gasteiger charge is -2.30. The summed E-state index contributed by atoms with van der Waals surface area (Å²) >= 11 is 0. The Morgan fingerprint density at radius 1 is 0.667 bits per heavy atom. The largest absolute Gasteiger partial charge is 0.377 e. The highest BCUT2D eigenvalue weighted by Gasteiger charge is 2.27. The van der Waals surface area contributed by atoms with Gasteiger partial charge in [0.05, 0.1) is 19.3 Å².